The normalized spacial score (nSPS) is 13.5. The number of carbonyl (C=O) groups excluding carboxylic acids is 3. The zero-order valence-electron chi connectivity index (χ0n) is 43.5. The van der Waals surface area contributed by atoms with Gasteiger partial charge in [0.2, 0.25) is 0 Å². The Morgan fingerprint density at radius 1 is 0.304 bits per heavy atom. The number of hydrogen-bond acceptors (Lipinski definition) is 6. The fraction of sp³-hybridized carbons (Fsp3) is 0.508. The second kappa shape index (κ2) is 55.4. The molecule has 382 valence electrons. The zero-order chi connectivity index (χ0) is 50.0. The molecule has 0 saturated carbocycles. The quantitative estimate of drug-likeness (QED) is 0.0199. The van der Waals surface area contributed by atoms with E-state index in [1.165, 1.54) is 38.5 Å². The van der Waals surface area contributed by atoms with Gasteiger partial charge < -0.3 is 14.2 Å². The third kappa shape index (κ3) is 53.6. The van der Waals surface area contributed by atoms with Crippen LogP contribution in [0.5, 0.6) is 0 Å². The lowest BCUT2D eigenvalue weighted by molar-refractivity contribution is -0.167. The van der Waals surface area contributed by atoms with Crippen LogP contribution in [-0.4, -0.2) is 37.2 Å². The van der Waals surface area contributed by atoms with Gasteiger partial charge in [0.1, 0.15) is 13.2 Å². The van der Waals surface area contributed by atoms with Crippen LogP contribution in [-0.2, 0) is 28.6 Å². The van der Waals surface area contributed by atoms with Gasteiger partial charge in [-0.25, -0.2) is 0 Å². The van der Waals surface area contributed by atoms with E-state index < -0.39 is 6.10 Å². The first-order valence-corrected chi connectivity index (χ1v) is 26.8. The van der Waals surface area contributed by atoms with Crippen molar-refractivity contribution in [3.05, 3.63) is 170 Å². The molecule has 0 radical (unpaired) electrons. The summed E-state index contributed by atoms with van der Waals surface area (Å²) in [4.78, 5) is 38.1. The van der Waals surface area contributed by atoms with Crippen LogP contribution in [0.1, 0.15) is 188 Å². The van der Waals surface area contributed by atoms with E-state index in [4.69, 9.17) is 14.2 Å². The molecule has 0 aromatic carbocycles. The molecule has 0 heterocycles. The highest BCUT2D eigenvalue weighted by Gasteiger charge is 2.19. The maximum Gasteiger partial charge on any atom is 0.306 e. The average Bonchev–Trinajstić information content (AvgIpc) is 3.35. The van der Waals surface area contributed by atoms with E-state index in [2.05, 4.69) is 81.5 Å². The second-order valence-corrected chi connectivity index (χ2v) is 16.9. The molecule has 0 N–H and O–H groups in total. The summed E-state index contributed by atoms with van der Waals surface area (Å²) in [7, 11) is 0. The molecule has 0 aliphatic carbocycles. The molecule has 0 fully saturated rings. The fourth-order valence-electron chi connectivity index (χ4n) is 6.57. The maximum atomic E-state index is 12.8. The van der Waals surface area contributed by atoms with E-state index in [0.29, 0.717) is 19.3 Å². The summed E-state index contributed by atoms with van der Waals surface area (Å²) in [6, 6.07) is 0. The number of carbonyl (C=O) groups is 3. The van der Waals surface area contributed by atoms with Crippen molar-refractivity contribution >= 4 is 17.9 Å². The molecule has 1 atom stereocenters. The van der Waals surface area contributed by atoms with Gasteiger partial charge >= 0.3 is 17.9 Å². The van der Waals surface area contributed by atoms with E-state index in [0.717, 1.165) is 103 Å². The summed E-state index contributed by atoms with van der Waals surface area (Å²) in [5.41, 5.74) is 0. The van der Waals surface area contributed by atoms with E-state index in [-0.39, 0.29) is 37.5 Å². The Bertz CT molecular complexity index is 1650. The first-order valence-electron chi connectivity index (χ1n) is 26.8. The van der Waals surface area contributed by atoms with E-state index >= 15 is 0 Å². The Morgan fingerprint density at radius 2 is 0.594 bits per heavy atom. The summed E-state index contributed by atoms with van der Waals surface area (Å²) < 4.78 is 16.7. The molecule has 6 nitrogen and oxygen atoms in total. The van der Waals surface area contributed by atoms with Gasteiger partial charge in [0.25, 0.3) is 0 Å². The lowest BCUT2D eigenvalue weighted by Gasteiger charge is -2.18. The summed E-state index contributed by atoms with van der Waals surface area (Å²) in [5.74, 6) is -1.02. The summed E-state index contributed by atoms with van der Waals surface area (Å²) in [5, 5.41) is 0. The summed E-state index contributed by atoms with van der Waals surface area (Å²) in [6.45, 7) is 6.14. The molecule has 0 saturated heterocycles. The molecule has 0 amide bonds. The van der Waals surface area contributed by atoms with E-state index in [1.54, 1.807) is 0 Å². The van der Waals surface area contributed by atoms with Crippen LogP contribution >= 0.6 is 0 Å². The molecule has 1 unspecified atom stereocenters. The third-order valence-electron chi connectivity index (χ3n) is 10.5. The molecule has 0 aliphatic rings. The summed E-state index contributed by atoms with van der Waals surface area (Å²) in [6.07, 6.45) is 81.9. The SMILES string of the molecule is CC\C=C/C=C\C=C/C=C\C=C\C=C/C=C\CCCCCC(=O)OCC(COC(=O)CCCCC\C=C/C=C\C=C/C=C\CC)OC(=O)CCCCCCCCCCC/C=C\C/C=C\C/C=C\CC. The molecule has 0 bridgehead atoms. The Morgan fingerprint density at radius 3 is 1.00 bits per heavy atom. The molecular formula is C63H94O6. The fourth-order valence-corrected chi connectivity index (χ4v) is 6.57. The molecule has 6 heteroatoms. The van der Waals surface area contributed by atoms with E-state index in [9.17, 15) is 14.4 Å². The highest BCUT2D eigenvalue weighted by atomic mass is 16.6. The largest absolute Gasteiger partial charge is 0.462 e. The first kappa shape index (κ1) is 63.8. The second-order valence-electron chi connectivity index (χ2n) is 16.9. The predicted molar refractivity (Wildman–Crippen MR) is 297 cm³/mol. The predicted octanol–water partition coefficient (Wildman–Crippen LogP) is 18.0. The number of rotatable bonds is 45. The van der Waals surface area contributed by atoms with Gasteiger partial charge in [-0.05, 0) is 89.9 Å². The van der Waals surface area contributed by atoms with Gasteiger partial charge in [-0.15, -0.1) is 0 Å². The van der Waals surface area contributed by atoms with Crippen LogP contribution in [0.2, 0.25) is 0 Å². The van der Waals surface area contributed by atoms with Gasteiger partial charge in [-0.1, -0.05) is 249 Å². The molecule has 0 spiro atoms. The smallest absolute Gasteiger partial charge is 0.306 e. The van der Waals surface area contributed by atoms with Crippen molar-refractivity contribution in [3.8, 4) is 0 Å². The van der Waals surface area contributed by atoms with Crippen molar-refractivity contribution in [1.29, 1.82) is 0 Å². The van der Waals surface area contributed by atoms with Crippen LogP contribution in [0.4, 0.5) is 0 Å². The van der Waals surface area contributed by atoms with Gasteiger partial charge in [0.15, 0.2) is 6.10 Å². The van der Waals surface area contributed by atoms with Gasteiger partial charge in [-0.3, -0.25) is 14.4 Å². The number of allylic oxidation sites excluding steroid dienone is 28. The first-order chi connectivity index (χ1) is 34.0. The number of hydrogen-bond donors (Lipinski definition) is 0. The van der Waals surface area contributed by atoms with Crippen molar-refractivity contribution in [1.82, 2.24) is 0 Å². The van der Waals surface area contributed by atoms with E-state index in [1.807, 2.05) is 109 Å². The Balaban J connectivity index is 4.57. The van der Waals surface area contributed by atoms with Crippen molar-refractivity contribution < 1.29 is 28.6 Å². The number of ether oxygens (including phenoxy) is 3. The monoisotopic (exact) mass is 947 g/mol. The maximum absolute atomic E-state index is 12.8. The minimum absolute atomic E-state index is 0.125. The highest BCUT2D eigenvalue weighted by Crippen LogP contribution is 2.14. The molecule has 0 rings (SSSR count). The minimum atomic E-state index is -0.826. The number of unbranched alkanes of at least 4 members (excludes halogenated alkanes) is 15. The zero-order valence-corrected chi connectivity index (χ0v) is 43.5. The molecule has 0 aliphatic heterocycles. The molecule has 0 aromatic rings. The van der Waals surface area contributed by atoms with Gasteiger partial charge in [-0.2, -0.15) is 0 Å². The molecular weight excluding hydrogens is 853 g/mol. The minimum Gasteiger partial charge on any atom is -0.462 e. The Labute approximate surface area is 422 Å². The molecule has 69 heavy (non-hydrogen) atoms. The Kier molecular flexibility index (Phi) is 51.2. The Hall–Kier alpha value is -5.23. The topological polar surface area (TPSA) is 78.9 Å². The summed E-state index contributed by atoms with van der Waals surface area (Å²) >= 11 is 0. The van der Waals surface area contributed by atoms with Crippen LogP contribution in [0.25, 0.3) is 0 Å². The van der Waals surface area contributed by atoms with Crippen LogP contribution < -0.4 is 0 Å². The third-order valence-corrected chi connectivity index (χ3v) is 10.5. The van der Waals surface area contributed by atoms with Crippen LogP contribution in [0.3, 0.4) is 0 Å². The molecule has 0 aromatic heterocycles. The van der Waals surface area contributed by atoms with Gasteiger partial charge in [0, 0.05) is 19.3 Å². The highest BCUT2D eigenvalue weighted by molar-refractivity contribution is 5.71. The lowest BCUT2D eigenvalue weighted by atomic mass is 10.1. The average molecular weight is 947 g/mol. The lowest BCUT2D eigenvalue weighted by Crippen LogP contribution is -2.30. The number of esters is 3. The van der Waals surface area contributed by atoms with Gasteiger partial charge in [0.05, 0.1) is 0 Å². The van der Waals surface area contributed by atoms with Crippen molar-refractivity contribution in [2.24, 2.45) is 0 Å². The van der Waals surface area contributed by atoms with Crippen LogP contribution in [0.15, 0.2) is 170 Å². The van der Waals surface area contributed by atoms with Crippen molar-refractivity contribution in [2.45, 2.75) is 194 Å². The van der Waals surface area contributed by atoms with Crippen molar-refractivity contribution in [2.75, 3.05) is 13.2 Å². The van der Waals surface area contributed by atoms with Crippen LogP contribution in [0, 0.1) is 0 Å². The standard InChI is InChI=1S/C63H94O6/c1-4-7-10-13-16-19-22-25-27-29-31-33-35-38-41-44-47-50-53-56-62(65)68-59-60(58-67-61(64)55-52-49-46-43-40-37-24-21-18-15-12-9-6-3)69-63(66)57-54-51-48-45-42-39-36-34-32-30-28-26-23-20-17-14-11-8-5-2/h7-13,15-22,24-29,31,33,35,37-38,40-41,60H,4-6,14,23,30,32,34,36,39,42-59H2,1-3H3/b10-7-,11-8-,12-9-,16-13-,18-15-,20-17-,22-19-,24-21-,27-25-,28-26-,31-29+,35-33-,40-37-,41-38-. The van der Waals surface area contributed by atoms with Crippen molar-refractivity contribution in [3.63, 3.8) is 0 Å².